The van der Waals surface area contributed by atoms with Crippen molar-refractivity contribution in [1.82, 2.24) is 0 Å². The molecular weight excluding hydrogens is 673 g/mol. The first-order valence-corrected chi connectivity index (χ1v) is 22.3. The number of carbonyl (C=O) groups excluding carboxylic acids is 3. The number of ether oxygens (including phenoxy) is 3. The highest BCUT2D eigenvalue weighted by atomic mass is 16.6. The number of hydrogen-bond donors (Lipinski definition) is 0. The number of unbranched alkanes of at least 4 members (excludes halogenated alkanes) is 18. The first-order valence-electron chi connectivity index (χ1n) is 22.3. The van der Waals surface area contributed by atoms with Gasteiger partial charge in [0.1, 0.15) is 13.2 Å². The third-order valence-electron chi connectivity index (χ3n) is 9.30. The molecule has 0 aliphatic heterocycles. The second-order valence-corrected chi connectivity index (χ2v) is 14.6. The van der Waals surface area contributed by atoms with E-state index >= 15 is 0 Å². The minimum absolute atomic E-state index is 0.0948. The second-order valence-electron chi connectivity index (χ2n) is 14.6. The lowest BCUT2D eigenvalue weighted by Gasteiger charge is -2.18. The van der Waals surface area contributed by atoms with E-state index in [0.29, 0.717) is 19.3 Å². The SMILES string of the molecule is CC/C=C\C/C=C\C/C=C\C/C=C\C/C=C\CCC(=O)OCC(COC(=O)CCCCCCCCCCCC)OC(=O)CCCCCCCCCCCC. The summed E-state index contributed by atoms with van der Waals surface area (Å²) >= 11 is 0. The fourth-order valence-electron chi connectivity index (χ4n) is 5.96. The standard InChI is InChI=1S/C48H82O6/c1-4-7-10-13-16-19-22-23-24-25-26-27-30-32-35-38-41-47(50)53-44-45(54-48(51)42-39-36-33-29-21-18-15-12-9-6-3)43-52-46(49)40-37-34-31-28-20-17-14-11-8-5-2/h7,10,16,19,23-24,26-27,32,35,45H,4-6,8-9,11-15,17-18,20-22,25,28-31,33-34,36-44H2,1-3H3/b10-7-,19-16-,24-23-,27-26-,35-32-. The van der Waals surface area contributed by atoms with Crippen molar-refractivity contribution >= 4 is 17.9 Å². The lowest BCUT2D eigenvalue weighted by atomic mass is 10.1. The molecule has 0 rings (SSSR count). The smallest absolute Gasteiger partial charge is 0.306 e. The number of rotatable bonds is 39. The van der Waals surface area contributed by atoms with Gasteiger partial charge in [0.15, 0.2) is 6.10 Å². The highest BCUT2D eigenvalue weighted by Crippen LogP contribution is 2.14. The van der Waals surface area contributed by atoms with Gasteiger partial charge in [-0.05, 0) is 51.4 Å². The Labute approximate surface area is 332 Å². The van der Waals surface area contributed by atoms with Crippen molar-refractivity contribution in [3.8, 4) is 0 Å². The van der Waals surface area contributed by atoms with Crippen LogP contribution in [0.1, 0.15) is 207 Å². The normalized spacial score (nSPS) is 12.6. The maximum atomic E-state index is 12.7. The Morgan fingerprint density at radius 2 is 0.722 bits per heavy atom. The molecule has 1 unspecified atom stereocenters. The molecule has 0 bridgehead atoms. The Balaban J connectivity index is 4.46. The maximum Gasteiger partial charge on any atom is 0.306 e. The highest BCUT2D eigenvalue weighted by Gasteiger charge is 2.19. The molecule has 0 aromatic carbocycles. The topological polar surface area (TPSA) is 78.9 Å². The van der Waals surface area contributed by atoms with Gasteiger partial charge in [0, 0.05) is 19.3 Å². The molecule has 0 aromatic rings. The molecule has 6 heteroatoms. The maximum absolute atomic E-state index is 12.7. The van der Waals surface area contributed by atoms with E-state index in [-0.39, 0.29) is 37.5 Å². The summed E-state index contributed by atoms with van der Waals surface area (Å²) in [5.74, 6) is -0.988. The lowest BCUT2D eigenvalue weighted by Crippen LogP contribution is -2.30. The number of allylic oxidation sites excluding steroid dienone is 10. The minimum Gasteiger partial charge on any atom is -0.462 e. The Bertz CT molecular complexity index is 1010. The number of esters is 3. The molecule has 0 saturated heterocycles. The molecule has 0 spiro atoms. The summed E-state index contributed by atoms with van der Waals surface area (Å²) < 4.78 is 16.6. The number of hydrogen-bond acceptors (Lipinski definition) is 6. The summed E-state index contributed by atoms with van der Waals surface area (Å²) in [7, 11) is 0. The van der Waals surface area contributed by atoms with Crippen molar-refractivity contribution in [2.24, 2.45) is 0 Å². The van der Waals surface area contributed by atoms with Gasteiger partial charge in [0.25, 0.3) is 0 Å². The van der Waals surface area contributed by atoms with E-state index in [4.69, 9.17) is 14.2 Å². The molecule has 0 amide bonds. The molecule has 310 valence electrons. The second kappa shape index (κ2) is 42.8. The largest absolute Gasteiger partial charge is 0.462 e. The van der Waals surface area contributed by atoms with Crippen molar-refractivity contribution < 1.29 is 28.6 Å². The fraction of sp³-hybridized carbons (Fsp3) is 0.729. The molecule has 0 N–H and O–H groups in total. The van der Waals surface area contributed by atoms with Gasteiger partial charge in [-0.15, -0.1) is 0 Å². The van der Waals surface area contributed by atoms with Crippen LogP contribution >= 0.6 is 0 Å². The lowest BCUT2D eigenvalue weighted by molar-refractivity contribution is -0.166. The van der Waals surface area contributed by atoms with Crippen LogP contribution in [-0.4, -0.2) is 37.2 Å². The molecule has 0 aliphatic rings. The fourth-order valence-corrected chi connectivity index (χ4v) is 5.96. The summed E-state index contributed by atoms with van der Waals surface area (Å²) in [6, 6.07) is 0. The zero-order chi connectivity index (χ0) is 39.4. The Hall–Kier alpha value is -2.89. The van der Waals surface area contributed by atoms with E-state index in [1.807, 2.05) is 12.2 Å². The van der Waals surface area contributed by atoms with E-state index in [1.165, 1.54) is 89.9 Å². The van der Waals surface area contributed by atoms with Crippen LogP contribution in [0.25, 0.3) is 0 Å². The van der Waals surface area contributed by atoms with Gasteiger partial charge >= 0.3 is 17.9 Å². The zero-order valence-corrected chi connectivity index (χ0v) is 35.2. The average molecular weight is 755 g/mol. The average Bonchev–Trinajstić information content (AvgIpc) is 3.17. The van der Waals surface area contributed by atoms with Crippen molar-refractivity contribution in [2.45, 2.75) is 213 Å². The monoisotopic (exact) mass is 755 g/mol. The molecule has 0 aromatic heterocycles. The molecule has 0 fully saturated rings. The van der Waals surface area contributed by atoms with Gasteiger partial charge in [-0.3, -0.25) is 14.4 Å². The summed E-state index contributed by atoms with van der Waals surface area (Å²) in [5.41, 5.74) is 0. The van der Waals surface area contributed by atoms with Crippen molar-refractivity contribution in [3.63, 3.8) is 0 Å². The highest BCUT2D eigenvalue weighted by molar-refractivity contribution is 5.71. The summed E-state index contributed by atoms with van der Waals surface area (Å²) in [6.07, 6.45) is 50.7. The Kier molecular flexibility index (Phi) is 40.6. The summed E-state index contributed by atoms with van der Waals surface area (Å²) in [5, 5.41) is 0. The minimum atomic E-state index is -0.796. The van der Waals surface area contributed by atoms with Gasteiger partial charge in [-0.1, -0.05) is 197 Å². The molecule has 0 radical (unpaired) electrons. The van der Waals surface area contributed by atoms with Crippen LogP contribution in [-0.2, 0) is 28.6 Å². The first-order chi connectivity index (χ1) is 26.5. The molecule has 1 atom stereocenters. The summed E-state index contributed by atoms with van der Waals surface area (Å²) in [6.45, 7) is 6.41. The van der Waals surface area contributed by atoms with Crippen LogP contribution in [0, 0.1) is 0 Å². The Morgan fingerprint density at radius 1 is 0.389 bits per heavy atom. The zero-order valence-electron chi connectivity index (χ0n) is 35.2. The van der Waals surface area contributed by atoms with Crippen LogP contribution in [0.5, 0.6) is 0 Å². The van der Waals surface area contributed by atoms with E-state index in [1.54, 1.807) is 0 Å². The van der Waals surface area contributed by atoms with E-state index in [2.05, 4.69) is 69.4 Å². The van der Waals surface area contributed by atoms with E-state index in [0.717, 1.165) is 70.6 Å². The van der Waals surface area contributed by atoms with Crippen LogP contribution in [0.3, 0.4) is 0 Å². The van der Waals surface area contributed by atoms with Crippen molar-refractivity contribution in [3.05, 3.63) is 60.8 Å². The third-order valence-corrected chi connectivity index (χ3v) is 9.30. The Morgan fingerprint density at radius 3 is 1.13 bits per heavy atom. The first kappa shape index (κ1) is 51.1. The molecule has 0 aliphatic carbocycles. The predicted molar refractivity (Wildman–Crippen MR) is 228 cm³/mol. The number of carbonyl (C=O) groups is 3. The third kappa shape index (κ3) is 40.3. The molecule has 54 heavy (non-hydrogen) atoms. The van der Waals surface area contributed by atoms with Crippen molar-refractivity contribution in [1.29, 1.82) is 0 Å². The predicted octanol–water partition coefficient (Wildman–Crippen LogP) is 14.1. The molecule has 0 saturated carbocycles. The molecular formula is C48H82O6. The van der Waals surface area contributed by atoms with Crippen LogP contribution < -0.4 is 0 Å². The molecule has 6 nitrogen and oxygen atoms in total. The van der Waals surface area contributed by atoms with Crippen LogP contribution in [0.4, 0.5) is 0 Å². The van der Waals surface area contributed by atoms with Gasteiger partial charge in [0.2, 0.25) is 0 Å². The molecule has 0 heterocycles. The van der Waals surface area contributed by atoms with Gasteiger partial charge < -0.3 is 14.2 Å². The van der Waals surface area contributed by atoms with Crippen molar-refractivity contribution in [2.75, 3.05) is 13.2 Å². The van der Waals surface area contributed by atoms with Crippen LogP contribution in [0.15, 0.2) is 60.8 Å². The van der Waals surface area contributed by atoms with Gasteiger partial charge in [-0.25, -0.2) is 0 Å². The van der Waals surface area contributed by atoms with Gasteiger partial charge in [-0.2, -0.15) is 0 Å². The van der Waals surface area contributed by atoms with E-state index < -0.39 is 6.10 Å². The summed E-state index contributed by atoms with van der Waals surface area (Å²) in [4.78, 5) is 37.6. The van der Waals surface area contributed by atoms with E-state index in [9.17, 15) is 14.4 Å². The quantitative estimate of drug-likeness (QED) is 0.0269. The van der Waals surface area contributed by atoms with Gasteiger partial charge in [0.05, 0.1) is 0 Å². The van der Waals surface area contributed by atoms with Crippen LogP contribution in [0.2, 0.25) is 0 Å².